The number of hydrogen-bond donors (Lipinski definition) is 3. The Morgan fingerprint density at radius 3 is 2.96 bits per heavy atom. The van der Waals surface area contributed by atoms with Crippen LogP contribution in [0.1, 0.15) is 42.1 Å². The lowest BCUT2D eigenvalue weighted by Gasteiger charge is -2.24. The van der Waals surface area contributed by atoms with E-state index >= 15 is 0 Å². The van der Waals surface area contributed by atoms with Crippen LogP contribution < -0.4 is 10.6 Å². The second kappa shape index (κ2) is 7.97. The van der Waals surface area contributed by atoms with Crippen molar-refractivity contribution in [2.45, 2.75) is 38.3 Å². The number of benzene rings is 1. The molecule has 0 saturated heterocycles. The number of aromatic nitrogens is 2. The largest absolute Gasteiger partial charge is 0.396 e. The predicted molar refractivity (Wildman–Crippen MR) is 91.7 cm³/mol. The Kier molecular flexibility index (Phi) is 5.48. The summed E-state index contributed by atoms with van der Waals surface area (Å²) in [4.78, 5) is 12.0. The third-order valence-electron chi connectivity index (χ3n) is 4.36. The number of aliphatic hydroxyl groups is 1. The lowest BCUT2D eigenvalue weighted by molar-refractivity contribution is 0.233. The minimum atomic E-state index is -0.183. The van der Waals surface area contributed by atoms with Crippen LogP contribution in [0, 0.1) is 0 Å². The highest BCUT2D eigenvalue weighted by atomic mass is 16.3. The van der Waals surface area contributed by atoms with E-state index in [1.54, 1.807) is 0 Å². The van der Waals surface area contributed by atoms with Crippen LogP contribution >= 0.6 is 0 Å². The van der Waals surface area contributed by atoms with E-state index in [2.05, 4.69) is 27.9 Å². The first kappa shape index (κ1) is 16.5. The number of amides is 2. The molecular weight excluding hydrogens is 304 g/mol. The molecule has 1 heterocycles. The zero-order chi connectivity index (χ0) is 16.8. The summed E-state index contributed by atoms with van der Waals surface area (Å²) in [5.41, 5.74) is 3.56. The van der Waals surface area contributed by atoms with Crippen molar-refractivity contribution in [2.24, 2.45) is 0 Å². The van der Waals surface area contributed by atoms with E-state index in [-0.39, 0.29) is 18.7 Å². The molecule has 128 valence electrons. The van der Waals surface area contributed by atoms with E-state index in [4.69, 9.17) is 5.11 Å². The Labute approximate surface area is 141 Å². The molecule has 0 bridgehead atoms. The van der Waals surface area contributed by atoms with Crippen LogP contribution in [0.15, 0.2) is 36.5 Å². The minimum Gasteiger partial charge on any atom is -0.396 e. The summed E-state index contributed by atoms with van der Waals surface area (Å²) in [5.74, 6) is 0. The number of hydrogen-bond acceptors (Lipinski definition) is 3. The molecule has 1 aromatic heterocycles. The van der Waals surface area contributed by atoms with Gasteiger partial charge in [0, 0.05) is 24.4 Å². The second-order valence-electron chi connectivity index (χ2n) is 6.11. The summed E-state index contributed by atoms with van der Waals surface area (Å²) >= 11 is 0. The van der Waals surface area contributed by atoms with E-state index in [0.29, 0.717) is 13.0 Å². The lowest BCUT2D eigenvalue weighted by Crippen LogP contribution is -2.39. The summed E-state index contributed by atoms with van der Waals surface area (Å²) in [6.45, 7) is 1.32. The van der Waals surface area contributed by atoms with Crippen LogP contribution in [0.2, 0.25) is 0 Å². The first-order valence-corrected chi connectivity index (χ1v) is 8.51. The van der Waals surface area contributed by atoms with E-state index in [0.717, 1.165) is 31.4 Å². The highest BCUT2D eigenvalue weighted by Gasteiger charge is 2.25. The van der Waals surface area contributed by atoms with Crippen molar-refractivity contribution in [1.82, 2.24) is 20.4 Å². The molecule has 0 spiro atoms. The molecule has 2 aromatic rings. The number of aliphatic hydroxyl groups excluding tert-OH is 1. The zero-order valence-electron chi connectivity index (χ0n) is 13.7. The molecule has 0 radical (unpaired) electrons. The third-order valence-corrected chi connectivity index (χ3v) is 4.36. The standard InChI is InChI=1S/C18H24N4O2/c23-11-5-10-19-18(24)21-16-8-4-9-17-15(16)12-20-22(17)13-14-6-2-1-3-7-14/h1-3,6-7,12,16,23H,4-5,8-11,13H2,(H2,19,21,24)/t16-/m1/s1. The molecule has 1 aromatic carbocycles. The predicted octanol–water partition coefficient (Wildman–Crippen LogP) is 1.99. The summed E-state index contributed by atoms with van der Waals surface area (Å²) in [5, 5.41) is 19.1. The van der Waals surface area contributed by atoms with Gasteiger partial charge in [-0.25, -0.2) is 4.79 Å². The number of carbonyl (C=O) groups is 1. The average Bonchev–Trinajstić information content (AvgIpc) is 3.00. The molecular formula is C18H24N4O2. The molecule has 24 heavy (non-hydrogen) atoms. The first-order valence-electron chi connectivity index (χ1n) is 8.51. The summed E-state index contributed by atoms with van der Waals surface area (Å²) < 4.78 is 2.04. The smallest absolute Gasteiger partial charge is 0.315 e. The molecule has 3 N–H and O–H groups in total. The molecule has 0 unspecified atom stereocenters. The van der Waals surface area contributed by atoms with Gasteiger partial charge in [0.15, 0.2) is 0 Å². The molecule has 3 rings (SSSR count). The number of nitrogens with one attached hydrogen (secondary N) is 2. The van der Waals surface area contributed by atoms with Gasteiger partial charge in [-0.2, -0.15) is 5.10 Å². The van der Waals surface area contributed by atoms with Crippen LogP contribution in [-0.4, -0.2) is 34.1 Å². The fourth-order valence-corrected chi connectivity index (χ4v) is 3.15. The van der Waals surface area contributed by atoms with Gasteiger partial charge in [0.05, 0.1) is 18.8 Å². The summed E-state index contributed by atoms with van der Waals surface area (Å²) in [7, 11) is 0. The van der Waals surface area contributed by atoms with E-state index < -0.39 is 0 Å². The molecule has 0 saturated carbocycles. The number of carbonyl (C=O) groups excluding carboxylic acids is 1. The van der Waals surface area contributed by atoms with Crippen molar-refractivity contribution >= 4 is 6.03 Å². The fraction of sp³-hybridized carbons (Fsp3) is 0.444. The van der Waals surface area contributed by atoms with Gasteiger partial charge in [-0.05, 0) is 31.2 Å². The van der Waals surface area contributed by atoms with Gasteiger partial charge in [-0.15, -0.1) is 0 Å². The summed E-state index contributed by atoms with van der Waals surface area (Å²) in [6.07, 6.45) is 5.41. The maximum absolute atomic E-state index is 12.0. The van der Waals surface area contributed by atoms with E-state index in [1.807, 2.05) is 29.1 Å². The molecule has 0 fully saturated rings. The molecule has 2 amide bonds. The Morgan fingerprint density at radius 2 is 2.17 bits per heavy atom. The fourth-order valence-electron chi connectivity index (χ4n) is 3.15. The molecule has 1 aliphatic rings. The zero-order valence-corrected chi connectivity index (χ0v) is 13.7. The van der Waals surface area contributed by atoms with Crippen molar-refractivity contribution in [3.8, 4) is 0 Å². The first-order chi connectivity index (χ1) is 11.8. The van der Waals surface area contributed by atoms with Crippen molar-refractivity contribution in [1.29, 1.82) is 0 Å². The number of fused-ring (bicyclic) bond motifs is 1. The molecule has 6 heteroatoms. The number of nitrogens with zero attached hydrogens (tertiary/aromatic N) is 2. The van der Waals surface area contributed by atoms with E-state index in [1.165, 1.54) is 11.3 Å². The SMILES string of the molecule is O=C(NCCCO)N[C@@H]1CCCc2c1cnn2Cc1ccccc1. The van der Waals surface area contributed by atoms with Crippen LogP contribution in [0.3, 0.4) is 0 Å². The van der Waals surface area contributed by atoms with Gasteiger partial charge < -0.3 is 15.7 Å². The minimum absolute atomic E-state index is 0.00685. The van der Waals surface area contributed by atoms with Gasteiger partial charge in [0.1, 0.15) is 0 Å². The normalized spacial score (nSPS) is 16.5. The van der Waals surface area contributed by atoms with Crippen molar-refractivity contribution < 1.29 is 9.90 Å². The monoisotopic (exact) mass is 328 g/mol. The Balaban J connectivity index is 1.67. The van der Waals surface area contributed by atoms with Crippen LogP contribution in [0.4, 0.5) is 4.79 Å². The van der Waals surface area contributed by atoms with Gasteiger partial charge >= 0.3 is 6.03 Å². The second-order valence-corrected chi connectivity index (χ2v) is 6.11. The van der Waals surface area contributed by atoms with Crippen molar-refractivity contribution in [3.05, 3.63) is 53.3 Å². The molecule has 1 atom stereocenters. The highest BCUT2D eigenvalue weighted by Crippen LogP contribution is 2.29. The maximum Gasteiger partial charge on any atom is 0.315 e. The molecule has 6 nitrogen and oxygen atoms in total. The maximum atomic E-state index is 12.0. The Morgan fingerprint density at radius 1 is 1.33 bits per heavy atom. The average molecular weight is 328 g/mol. The number of rotatable bonds is 6. The lowest BCUT2D eigenvalue weighted by atomic mass is 9.93. The number of urea groups is 1. The van der Waals surface area contributed by atoms with Gasteiger partial charge in [-0.1, -0.05) is 30.3 Å². The van der Waals surface area contributed by atoms with Crippen LogP contribution in [0.5, 0.6) is 0 Å². The highest BCUT2D eigenvalue weighted by molar-refractivity contribution is 5.74. The van der Waals surface area contributed by atoms with Gasteiger partial charge in [-0.3, -0.25) is 4.68 Å². The topological polar surface area (TPSA) is 79.2 Å². The summed E-state index contributed by atoms with van der Waals surface area (Å²) in [6, 6.07) is 10.1. The third kappa shape index (κ3) is 3.94. The van der Waals surface area contributed by atoms with Gasteiger partial charge in [0.25, 0.3) is 0 Å². The van der Waals surface area contributed by atoms with Crippen molar-refractivity contribution in [3.63, 3.8) is 0 Å². The quantitative estimate of drug-likeness (QED) is 0.710. The van der Waals surface area contributed by atoms with Crippen LogP contribution in [0.25, 0.3) is 0 Å². The van der Waals surface area contributed by atoms with Crippen molar-refractivity contribution in [2.75, 3.05) is 13.2 Å². The Bertz CT molecular complexity index is 669. The van der Waals surface area contributed by atoms with Crippen LogP contribution in [-0.2, 0) is 13.0 Å². The Hall–Kier alpha value is -2.34. The van der Waals surface area contributed by atoms with Gasteiger partial charge in [0.2, 0.25) is 0 Å². The van der Waals surface area contributed by atoms with E-state index in [9.17, 15) is 4.79 Å². The molecule has 1 aliphatic carbocycles. The molecule has 0 aliphatic heterocycles.